The first-order chi connectivity index (χ1) is 22.1. The molecular formula is C42H44N4. The third kappa shape index (κ3) is 7.35. The van der Waals surface area contributed by atoms with Gasteiger partial charge in [-0.25, -0.2) is 0 Å². The SMILES string of the molecule is Cc1ccc2c(c1)c1ccccc1n2C.Cc1ccc2c3ccccc3n(C)c2c1.Cc1cccc(C)n1.Cc1cncc(C)c1. The predicted octanol–water partition coefficient (Wildman–Crippen LogP) is 10.7. The Labute approximate surface area is 273 Å². The fourth-order valence-electron chi connectivity index (χ4n) is 5.94. The normalized spacial score (nSPS) is 10.6. The molecule has 0 fully saturated rings. The van der Waals surface area contributed by atoms with Crippen molar-refractivity contribution in [3.05, 3.63) is 155 Å². The summed E-state index contributed by atoms with van der Waals surface area (Å²) in [6.45, 7) is 12.3. The van der Waals surface area contributed by atoms with Crippen LogP contribution in [0.2, 0.25) is 0 Å². The van der Waals surface area contributed by atoms with Crippen molar-refractivity contribution in [3.8, 4) is 0 Å². The zero-order valence-electron chi connectivity index (χ0n) is 28.3. The molecule has 0 saturated heterocycles. The fourth-order valence-corrected chi connectivity index (χ4v) is 5.94. The minimum Gasteiger partial charge on any atom is -0.344 e. The van der Waals surface area contributed by atoms with Crippen LogP contribution in [0.3, 0.4) is 0 Å². The van der Waals surface area contributed by atoms with Gasteiger partial charge in [0.05, 0.1) is 0 Å². The van der Waals surface area contributed by atoms with Gasteiger partial charge in [-0.1, -0.05) is 72.3 Å². The van der Waals surface area contributed by atoms with Crippen LogP contribution in [-0.4, -0.2) is 19.1 Å². The molecule has 0 bridgehead atoms. The van der Waals surface area contributed by atoms with Crippen LogP contribution in [0.5, 0.6) is 0 Å². The van der Waals surface area contributed by atoms with E-state index in [2.05, 4.69) is 138 Å². The lowest BCUT2D eigenvalue weighted by atomic mass is 10.1. The topological polar surface area (TPSA) is 35.6 Å². The lowest BCUT2D eigenvalue weighted by Crippen LogP contribution is -1.86. The van der Waals surface area contributed by atoms with Crippen LogP contribution in [0, 0.1) is 41.5 Å². The van der Waals surface area contributed by atoms with E-state index in [0.717, 1.165) is 11.4 Å². The number of fused-ring (bicyclic) bond motifs is 6. The summed E-state index contributed by atoms with van der Waals surface area (Å²) in [5.74, 6) is 0. The van der Waals surface area contributed by atoms with Crippen molar-refractivity contribution in [3.63, 3.8) is 0 Å². The maximum absolute atomic E-state index is 4.17. The number of aryl methyl sites for hydroxylation is 8. The zero-order chi connectivity index (χ0) is 32.8. The van der Waals surface area contributed by atoms with Crippen molar-refractivity contribution >= 4 is 43.6 Å². The third-order valence-electron chi connectivity index (χ3n) is 8.18. The second kappa shape index (κ2) is 14.3. The van der Waals surface area contributed by atoms with Crippen molar-refractivity contribution < 1.29 is 0 Å². The number of hydrogen-bond acceptors (Lipinski definition) is 2. The van der Waals surface area contributed by atoms with E-state index in [9.17, 15) is 0 Å². The average Bonchev–Trinajstić information content (AvgIpc) is 3.48. The number of hydrogen-bond donors (Lipinski definition) is 0. The maximum Gasteiger partial charge on any atom is 0.0491 e. The number of benzene rings is 4. The van der Waals surface area contributed by atoms with Crippen LogP contribution >= 0.6 is 0 Å². The quantitative estimate of drug-likeness (QED) is 0.173. The summed E-state index contributed by atoms with van der Waals surface area (Å²) >= 11 is 0. The van der Waals surface area contributed by atoms with E-state index in [1.807, 2.05) is 58.3 Å². The van der Waals surface area contributed by atoms with Crippen molar-refractivity contribution in [2.75, 3.05) is 0 Å². The fraction of sp³-hybridized carbons (Fsp3) is 0.190. The monoisotopic (exact) mass is 604 g/mol. The van der Waals surface area contributed by atoms with Crippen LogP contribution in [0.1, 0.15) is 33.6 Å². The number of para-hydroxylation sites is 2. The molecule has 0 N–H and O–H groups in total. The number of pyridine rings is 2. The van der Waals surface area contributed by atoms with Crippen LogP contribution in [0.25, 0.3) is 43.6 Å². The zero-order valence-corrected chi connectivity index (χ0v) is 28.3. The molecule has 4 aromatic heterocycles. The summed E-state index contributed by atoms with van der Waals surface area (Å²) in [7, 11) is 4.25. The minimum absolute atomic E-state index is 1.09. The Bertz CT molecular complexity index is 2170. The molecule has 0 aliphatic carbocycles. The summed E-state index contributed by atoms with van der Waals surface area (Å²) in [6, 6.07) is 38.5. The Kier molecular flexibility index (Phi) is 9.97. The van der Waals surface area contributed by atoms with E-state index in [-0.39, 0.29) is 0 Å². The van der Waals surface area contributed by atoms with Gasteiger partial charge in [0.2, 0.25) is 0 Å². The van der Waals surface area contributed by atoms with Crippen LogP contribution in [0.4, 0.5) is 0 Å². The molecule has 0 aliphatic rings. The lowest BCUT2D eigenvalue weighted by molar-refractivity contribution is 1.01. The third-order valence-corrected chi connectivity index (χ3v) is 8.18. The minimum atomic E-state index is 1.09. The van der Waals surface area contributed by atoms with Crippen molar-refractivity contribution in [2.24, 2.45) is 14.1 Å². The molecule has 4 heteroatoms. The Morgan fingerprint density at radius 2 is 0.870 bits per heavy atom. The maximum atomic E-state index is 4.17. The van der Waals surface area contributed by atoms with Gasteiger partial charge in [0.25, 0.3) is 0 Å². The lowest BCUT2D eigenvalue weighted by Gasteiger charge is -1.97. The van der Waals surface area contributed by atoms with E-state index in [4.69, 9.17) is 0 Å². The van der Waals surface area contributed by atoms with E-state index < -0.39 is 0 Å². The molecule has 46 heavy (non-hydrogen) atoms. The first kappa shape index (κ1) is 32.2. The Morgan fingerprint density at radius 3 is 1.41 bits per heavy atom. The Hall–Kier alpha value is -5.22. The molecule has 0 aliphatic heterocycles. The Balaban J connectivity index is 0.000000126. The standard InChI is InChI=1S/2C14H13N.2C7H9N/c1-10-7-8-14-12(9-10)11-5-3-4-6-13(11)15(14)2;1-10-7-8-12-11-5-3-4-6-13(11)15(2)14(12)9-10;1-6-3-7(2)5-8-4-6;1-6-4-3-5-7(2)8-6/h2*3-9H,1-2H3;2*3-5H,1-2H3. The number of rotatable bonds is 0. The molecule has 0 amide bonds. The summed E-state index contributed by atoms with van der Waals surface area (Å²) in [6.07, 6.45) is 3.71. The van der Waals surface area contributed by atoms with Gasteiger partial charge in [-0.15, -0.1) is 0 Å². The van der Waals surface area contributed by atoms with Crippen LogP contribution in [0.15, 0.2) is 122 Å². The van der Waals surface area contributed by atoms with Gasteiger partial charge in [-0.2, -0.15) is 0 Å². The van der Waals surface area contributed by atoms with E-state index in [0.29, 0.717) is 0 Å². The Morgan fingerprint density at radius 1 is 0.391 bits per heavy atom. The van der Waals surface area contributed by atoms with Gasteiger partial charge in [0, 0.05) is 81.5 Å². The molecule has 4 aromatic carbocycles. The largest absolute Gasteiger partial charge is 0.344 e. The van der Waals surface area contributed by atoms with Crippen LogP contribution < -0.4 is 0 Å². The van der Waals surface area contributed by atoms with Gasteiger partial charge in [0.1, 0.15) is 0 Å². The van der Waals surface area contributed by atoms with Crippen molar-refractivity contribution in [1.82, 2.24) is 19.1 Å². The second-order valence-electron chi connectivity index (χ2n) is 12.2. The molecule has 0 spiro atoms. The van der Waals surface area contributed by atoms with E-state index in [1.165, 1.54) is 65.9 Å². The highest BCUT2D eigenvalue weighted by atomic mass is 14.9. The molecule has 0 radical (unpaired) electrons. The molecule has 0 saturated carbocycles. The van der Waals surface area contributed by atoms with E-state index >= 15 is 0 Å². The second-order valence-corrected chi connectivity index (χ2v) is 12.2. The first-order valence-corrected chi connectivity index (χ1v) is 15.8. The molecule has 232 valence electrons. The van der Waals surface area contributed by atoms with E-state index in [1.54, 1.807) is 0 Å². The van der Waals surface area contributed by atoms with Gasteiger partial charge in [-0.05, 0) is 101 Å². The van der Waals surface area contributed by atoms with Gasteiger partial charge >= 0.3 is 0 Å². The van der Waals surface area contributed by atoms with Gasteiger partial charge in [0.15, 0.2) is 0 Å². The van der Waals surface area contributed by atoms with Crippen LogP contribution in [-0.2, 0) is 14.1 Å². The summed E-state index contributed by atoms with van der Waals surface area (Å²) < 4.78 is 4.52. The number of nitrogens with zero attached hydrogens (tertiary/aromatic N) is 4. The van der Waals surface area contributed by atoms with Crippen molar-refractivity contribution in [2.45, 2.75) is 41.5 Å². The molecule has 8 aromatic rings. The highest BCUT2D eigenvalue weighted by Gasteiger charge is 2.07. The molecular weight excluding hydrogens is 560 g/mol. The summed E-state index contributed by atoms with van der Waals surface area (Å²) in [5.41, 5.74) is 12.5. The molecule has 0 unspecified atom stereocenters. The van der Waals surface area contributed by atoms with Gasteiger partial charge < -0.3 is 9.13 Å². The molecule has 4 heterocycles. The van der Waals surface area contributed by atoms with Gasteiger partial charge in [-0.3, -0.25) is 9.97 Å². The molecule has 4 nitrogen and oxygen atoms in total. The summed E-state index contributed by atoms with van der Waals surface area (Å²) in [5, 5.41) is 5.39. The molecule has 8 rings (SSSR count). The predicted molar refractivity (Wildman–Crippen MR) is 198 cm³/mol. The highest BCUT2D eigenvalue weighted by Crippen LogP contribution is 2.29. The summed E-state index contributed by atoms with van der Waals surface area (Å²) in [4.78, 5) is 8.16. The smallest absolute Gasteiger partial charge is 0.0491 e. The number of aromatic nitrogens is 4. The first-order valence-electron chi connectivity index (χ1n) is 15.8. The van der Waals surface area contributed by atoms with Crippen molar-refractivity contribution in [1.29, 1.82) is 0 Å². The average molecular weight is 605 g/mol. The highest BCUT2D eigenvalue weighted by molar-refractivity contribution is 6.09. The molecule has 0 atom stereocenters.